The maximum Gasteiger partial charge on any atom is 0.302 e. The molecule has 0 bridgehead atoms. The van der Waals surface area contributed by atoms with Gasteiger partial charge in [0.25, 0.3) is 0 Å². The summed E-state index contributed by atoms with van der Waals surface area (Å²) < 4.78 is 29.6. The van der Waals surface area contributed by atoms with Crippen LogP contribution in [0.4, 0.5) is 0 Å². The van der Waals surface area contributed by atoms with E-state index in [-0.39, 0.29) is 22.9 Å². The molecule has 0 aromatic rings. The molecular formula is C45H86O5S. The van der Waals surface area contributed by atoms with E-state index in [9.17, 15) is 9.00 Å². The van der Waals surface area contributed by atoms with Gasteiger partial charge in [0, 0.05) is 23.5 Å². The van der Waals surface area contributed by atoms with Crippen molar-refractivity contribution < 1.29 is 23.2 Å². The zero-order valence-corrected chi connectivity index (χ0v) is 35.7. The zero-order valence-electron chi connectivity index (χ0n) is 34.9. The molecule has 2 rings (SSSR count). The lowest BCUT2D eigenvalue weighted by atomic mass is 9.94. The van der Waals surface area contributed by atoms with Gasteiger partial charge in [-0.3, -0.25) is 9.00 Å². The average Bonchev–Trinajstić information content (AvgIpc) is 3.48. The fourth-order valence-corrected chi connectivity index (χ4v) is 9.26. The first-order valence-corrected chi connectivity index (χ1v) is 23.6. The Hall–Kier alpha value is -0.880. The van der Waals surface area contributed by atoms with Gasteiger partial charge in [-0.2, -0.15) is 0 Å². The first-order chi connectivity index (χ1) is 24.7. The average molecular weight is 739 g/mol. The molecular weight excluding hydrogens is 653 g/mol. The molecule has 1 saturated carbocycles. The van der Waals surface area contributed by atoms with Gasteiger partial charge in [0.15, 0.2) is 6.79 Å². The van der Waals surface area contributed by atoms with Crippen LogP contribution in [0.5, 0.6) is 0 Å². The van der Waals surface area contributed by atoms with Gasteiger partial charge in [-0.25, -0.2) is 0 Å². The van der Waals surface area contributed by atoms with Gasteiger partial charge in [0.2, 0.25) is 0 Å². The Morgan fingerprint density at radius 2 is 1.20 bits per heavy atom. The molecule has 0 amide bonds. The summed E-state index contributed by atoms with van der Waals surface area (Å²) in [4.78, 5) is 11.2. The fourth-order valence-electron chi connectivity index (χ4n) is 7.51. The molecule has 5 nitrogen and oxygen atoms in total. The van der Waals surface area contributed by atoms with Crippen LogP contribution in [0.3, 0.4) is 0 Å². The van der Waals surface area contributed by atoms with E-state index in [1.165, 1.54) is 155 Å². The minimum absolute atomic E-state index is 0.0706. The maximum atomic E-state index is 12.5. The second-order valence-electron chi connectivity index (χ2n) is 16.4. The number of carbonyl (C=O) groups is 1. The van der Waals surface area contributed by atoms with Crippen molar-refractivity contribution in [1.29, 1.82) is 0 Å². The van der Waals surface area contributed by atoms with Crippen molar-refractivity contribution in [2.24, 2.45) is 5.92 Å². The first-order valence-electron chi connectivity index (χ1n) is 22.2. The molecule has 6 heteroatoms. The number of esters is 1. The van der Waals surface area contributed by atoms with Crippen LogP contribution in [0.15, 0.2) is 11.8 Å². The van der Waals surface area contributed by atoms with Crippen LogP contribution < -0.4 is 0 Å². The van der Waals surface area contributed by atoms with Gasteiger partial charge in [-0.05, 0) is 57.4 Å². The van der Waals surface area contributed by atoms with E-state index in [2.05, 4.69) is 40.7 Å². The lowest BCUT2D eigenvalue weighted by molar-refractivity contribution is -0.147. The highest BCUT2D eigenvalue weighted by molar-refractivity contribution is 7.85. The van der Waals surface area contributed by atoms with Crippen molar-refractivity contribution in [2.45, 2.75) is 251 Å². The number of hydrogen-bond donors (Lipinski definition) is 0. The first kappa shape index (κ1) is 48.1. The second-order valence-corrected chi connectivity index (χ2v) is 18.2. The molecule has 1 saturated heterocycles. The Morgan fingerprint density at radius 3 is 1.67 bits per heavy atom. The minimum atomic E-state index is -0.843. The van der Waals surface area contributed by atoms with Crippen molar-refractivity contribution in [3.63, 3.8) is 0 Å². The second kappa shape index (κ2) is 32.5. The van der Waals surface area contributed by atoms with Gasteiger partial charge in [0.05, 0.1) is 5.25 Å². The predicted octanol–water partition coefficient (Wildman–Crippen LogP) is 14.1. The molecule has 2 fully saturated rings. The summed E-state index contributed by atoms with van der Waals surface area (Å²) >= 11 is 0. The van der Waals surface area contributed by atoms with Crippen LogP contribution in [-0.4, -0.2) is 39.7 Å². The van der Waals surface area contributed by atoms with Crippen LogP contribution in [0.25, 0.3) is 0 Å². The third-order valence-corrected chi connectivity index (χ3v) is 12.8. The highest BCUT2D eigenvalue weighted by Gasteiger charge is 2.36. The smallest absolute Gasteiger partial charge is 0.302 e. The van der Waals surface area contributed by atoms with E-state index in [1.807, 2.05) is 0 Å². The van der Waals surface area contributed by atoms with Crippen molar-refractivity contribution >= 4 is 16.8 Å². The SMILES string of the molecule is CCCCCCCCCCCCCCCCC1(C)OCO/C1=C\CC(C)C.CCCCCCCCCCCCS(=O)C1CCCCC1OC(C)=O. The Bertz CT molecular complexity index is 873. The highest BCUT2D eigenvalue weighted by atomic mass is 32.2. The number of unbranched alkanes of at least 4 members (excludes halogenated alkanes) is 22. The van der Waals surface area contributed by atoms with Crippen LogP contribution >= 0.6 is 0 Å². The van der Waals surface area contributed by atoms with Crippen molar-refractivity contribution in [3.05, 3.63) is 11.8 Å². The third-order valence-electron chi connectivity index (χ3n) is 10.9. The number of hydrogen-bond acceptors (Lipinski definition) is 5. The summed E-state index contributed by atoms with van der Waals surface area (Å²) in [6, 6.07) is 0. The summed E-state index contributed by atoms with van der Waals surface area (Å²) in [7, 11) is -0.843. The Labute approximate surface area is 320 Å². The fraction of sp³-hybridized carbons (Fsp3) is 0.933. The molecule has 0 spiro atoms. The Balaban J connectivity index is 0.000000514. The summed E-state index contributed by atoms with van der Waals surface area (Å²) in [5, 5.41) is 0.0706. The van der Waals surface area contributed by atoms with Crippen LogP contribution in [0.2, 0.25) is 0 Å². The number of carbonyl (C=O) groups excluding carboxylic acids is 1. The van der Waals surface area contributed by atoms with E-state index in [1.54, 1.807) is 0 Å². The van der Waals surface area contributed by atoms with Gasteiger partial charge >= 0.3 is 5.97 Å². The largest absolute Gasteiger partial charge is 0.469 e. The van der Waals surface area contributed by atoms with Crippen LogP contribution in [0, 0.1) is 5.92 Å². The molecule has 1 aliphatic carbocycles. The van der Waals surface area contributed by atoms with Gasteiger partial charge in [-0.1, -0.05) is 182 Å². The van der Waals surface area contributed by atoms with Gasteiger partial charge in [-0.15, -0.1) is 0 Å². The standard InChI is InChI=1S/C25H48O2.C20H38O3S/c1-5-6-7-8-9-10-11-12-13-14-15-16-17-18-21-25(4)24(26-22-27-25)20-19-23(2)3;1-3-4-5-6-7-8-9-10-11-14-17-24(22)20-16-13-12-15-19(20)23-18(2)21/h20,23H,5-19,21-22H2,1-4H3;19-20H,3-17H2,1-2H3/b24-20-;. The molecule has 0 aromatic carbocycles. The zero-order chi connectivity index (χ0) is 37.4. The lowest BCUT2D eigenvalue weighted by Crippen LogP contribution is -2.37. The highest BCUT2D eigenvalue weighted by Crippen LogP contribution is 2.35. The quantitative estimate of drug-likeness (QED) is 0.0542. The van der Waals surface area contributed by atoms with E-state index in [0.717, 1.165) is 56.5 Å². The summed E-state index contributed by atoms with van der Waals surface area (Å²) in [5.41, 5.74) is -0.175. The topological polar surface area (TPSA) is 61.8 Å². The van der Waals surface area contributed by atoms with E-state index >= 15 is 0 Å². The molecule has 0 N–H and O–H groups in total. The maximum absolute atomic E-state index is 12.5. The molecule has 1 aliphatic heterocycles. The summed E-state index contributed by atoms with van der Waals surface area (Å²) in [6.45, 7) is 13.1. The molecule has 51 heavy (non-hydrogen) atoms. The Kier molecular flexibility index (Phi) is 30.7. The van der Waals surface area contributed by atoms with E-state index < -0.39 is 10.8 Å². The monoisotopic (exact) mass is 739 g/mol. The van der Waals surface area contributed by atoms with Crippen LogP contribution in [-0.2, 0) is 29.8 Å². The molecule has 4 atom stereocenters. The molecule has 0 radical (unpaired) electrons. The van der Waals surface area contributed by atoms with Crippen molar-refractivity contribution in [2.75, 3.05) is 12.5 Å². The molecule has 302 valence electrons. The van der Waals surface area contributed by atoms with E-state index in [4.69, 9.17) is 14.2 Å². The lowest BCUT2D eigenvalue weighted by Gasteiger charge is -2.30. The minimum Gasteiger partial charge on any atom is -0.469 e. The van der Waals surface area contributed by atoms with E-state index in [0.29, 0.717) is 12.7 Å². The third kappa shape index (κ3) is 25.7. The number of rotatable bonds is 30. The number of allylic oxidation sites excluding steroid dienone is 1. The van der Waals surface area contributed by atoms with Gasteiger partial charge in [0.1, 0.15) is 17.5 Å². The van der Waals surface area contributed by atoms with Crippen LogP contribution in [0.1, 0.15) is 234 Å². The molecule has 0 aromatic heterocycles. The Morgan fingerprint density at radius 1 is 0.745 bits per heavy atom. The summed E-state index contributed by atoms with van der Waals surface area (Å²) in [6.07, 6.45) is 41.1. The molecule has 2 aliphatic rings. The summed E-state index contributed by atoms with van der Waals surface area (Å²) in [5.74, 6) is 2.29. The predicted molar refractivity (Wildman–Crippen MR) is 221 cm³/mol. The van der Waals surface area contributed by atoms with Crippen molar-refractivity contribution in [1.82, 2.24) is 0 Å². The molecule has 4 unspecified atom stereocenters. The molecule has 1 heterocycles. The normalized spacial score (nSPS) is 21.7. The van der Waals surface area contributed by atoms with Gasteiger partial charge < -0.3 is 14.2 Å². The number of ether oxygens (including phenoxy) is 3. The van der Waals surface area contributed by atoms with Crippen molar-refractivity contribution in [3.8, 4) is 0 Å².